The monoisotopic (exact) mass is 471 g/mol. The van der Waals surface area contributed by atoms with Crippen LogP contribution in [0.3, 0.4) is 0 Å². The number of nitrogens with zero attached hydrogens (tertiary/aromatic N) is 2. The molecule has 33 heavy (non-hydrogen) atoms. The highest BCUT2D eigenvalue weighted by molar-refractivity contribution is 5.94. The van der Waals surface area contributed by atoms with E-state index in [1.807, 2.05) is 31.2 Å². The first-order chi connectivity index (χ1) is 15.4. The van der Waals surface area contributed by atoms with Gasteiger partial charge in [-0.05, 0) is 49.6 Å². The van der Waals surface area contributed by atoms with E-state index >= 15 is 0 Å². The third-order valence-electron chi connectivity index (χ3n) is 6.52. The smallest absolute Gasteiger partial charge is 0.351 e. The molecule has 0 radical (unpaired) electrons. The molecule has 2 aliphatic heterocycles. The number of halogens is 6. The van der Waals surface area contributed by atoms with Gasteiger partial charge in [-0.2, -0.15) is 26.3 Å². The van der Waals surface area contributed by atoms with Crippen LogP contribution in [0, 0.1) is 6.92 Å². The molecule has 4 nitrogen and oxygen atoms in total. The van der Waals surface area contributed by atoms with E-state index in [1.54, 1.807) is 0 Å². The van der Waals surface area contributed by atoms with E-state index in [9.17, 15) is 31.1 Å². The largest absolute Gasteiger partial charge is 0.416 e. The average Bonchev–Trinajstić information content (AvgIpc) is 3.15. The van der Waals surface area contributed by atoms with E-state index in [1.165, 1.54) is 4.90 Å². The van der Waals surface area contributed by atoms with Crippen molar-refractivity contribution in [3.8, 4) is 0 Å². The van der Waals surface area contributed by atoms with Crippen LogP contribution in [0.1, 0.15) is 39.9 Å². The van der Waals surface area contributed by atoms with Gasteiger partial charge < -0.3 is 9.80 Å². The fourth-order valence-corrected chi connectivity index (χ4v) is 4.70. The summed E-state index contributed by atoms with van der Waals surface area (Å²) >= 11 is 0. The van der Waals surface area contributed by atoms with Gasteiger partial charge in [0.1, 0.15) is 0 Å². The summed E-state index contributed by atoms with van der Waals surface area (Å²) in [7, 11) is 0. The number of hydrogen-bond acceptors (Lipinski definition) is 3. The summed E-state index contributed by atoms with van der Waals surface area (Å²) in [5, 5.41) is 3.35. The van der Waals surface area contributed by atoms with Crippen molar-refractivity contribution in [2.75, 3.05) is 31.2 Å². The lowest BCUT2D eigenvalue weighted by Gasteiger charge is -2.45. The predicted molar refractivity (Wildman–Crippen MR) is 111 cm³/mol. The highest BCUT2D eigenvalue weighted by atomic mass is 19.4. The van der Waals surface area contributed by atoms with Gasteiger partial charge in [0.2, 0.25) is 0 Å². The zero-order valence-corrected chi connectivity index (χ0v) is 17.9. The first-order valence-electron chi connectivity index (χ1n) is 10.5. The van der Waals surface area contributed by atoms with Gasteiger partial charge in [-0.3, -0.25) is 10.1 Å². The van der Waals surface area contributed by atoms with Crippen molar-refractivity contribution in [1.82, 2.24) is 10.2 Å². The molecule has 4 rings (SSSR count). The number of hydrogen-bond donors (Lipinski definition) is 1. The lowest BCUT2D eigenvalue weighted by atomic mass is 9.86. The average molecular weight is 471 g/mol. The van der Waals surface area contributed by atoms with Gasteiger partial charge in [-0.15, -0.1) is 0 Å². The van der Waals surface area contributed by atoms with Crippen molar-refractivity contribution in [3.05, 3.63) is 64.7 Å². The molecule has 1 N–H and O–H groups in total. The molecular formula is C23H23F6N3O. The van der Waals surface area contributed by atoms with E-state index < -0.39 is 35.0 Å². The van der Waals surface area contributed by atoms with Crippen LogP contribution < -0.4 is 10.2 Å². The molecule has 2 fully saturated rings. The minimum atomic E-state index is -4.99. The molecule has 10 heteroatoms. The van der Waals surface area contributed by atoms with Crippen LogP contribution in [-0.4, -0.2) is 42.6 Å². The number of benzene rings is 2. The zero-order chi connectivity index (χ0) is 24.0. The molecule has 178 valence electrons. The quantitative estimate of drug-likeness (QED) is 0.621. The van der Waals surface area contributed by atoms with Crippen LogP contribution in [0.5, 0.6) is 0 Å². The topological polar surface area (TPSA) is 35.6 Å². The second-order valence-electron chi connectivity index (χ2n) is 8.61. The van der Waals surface area contributed by atoms with Crippen LogP contribution in [0.15, 0.2) is 42.5 Å². The molecule has 1 spiro atoms. The standard InChI is InChI=1S/C23H23F6N3O/c1-15-4-2-3-5-19(15)32-14-30-13-21(32)6-8-31(9-7-21)20(33)16-10-17(22(24,25)26)12-18(11-16)23(27,28)29/h2-5,10-12,30H,6-9,13-14H2,1H3. The van der Waals surface area contributed by atoms with Gasteiger partial charge in [-0.1, -0.05) is 18.2 Å². The number of carbonyl (C=O) groups is 1. The summed E-state index contributed by atoms with van der Waals surface area (Å²) in [5.41, 5.74) is -1.68. The van der Waals surface area contributed by atoms with Crippen LogP contribution in [0.25, 0.3) is 0 Å². The summed E-state index contributed by atoms with van der Waals surface area (Å²) in [6.45, 7) is 3.79. The minimum Gasteiger partial charge on any atom is -0.351 e. The number of aryl methyl sites for hydroxylation is 1. The van der Waals surface area contributed by atoms with Crippen LogP contribution in [0.2, 0.25) is 0 Å². The normalized spacial score (nSPS) is 18.8. The van der Waals surface area contributed by atoms with Gasteiger partial charge in [-0.25, -0.2) is 0 Å². The molecule has 0 aliphatic carbocycles. The Labute approximate surface area is 187 Å². The second kappa shape index (κ2) is 8.23. The Kier molecular flexibility index (Phi) is 5.84. The zero-order valence-electron chi connectivity index (χ0n) is 17.9. The molecule has 0 aromatic heterocycles. The number of carbonyl (C=O) groups excluding carboxylic acids is 1. The lowest BCUT2D eigenvalue weighted by Crippen LogP contribution is -2.55. The minimum absolute atomic E-state index is 0.0340. The number of likely N-dealkylation sites (tertiary alicyclic amines) is 1. The molecule has 2 heterocycles. The molecule has 0 saturated carbocycles. The molecule has 2 aliphatic rings. The van der Waals surface area contributed by atoms with Crippen molar-refractivity contribution in [2.45, 2.75) is 37.7 Å². The van der Waals surface area contributed by atoms with E-state index in [0.29, 0.717) is 38.2 Å². The van der Waals surface area contributed by atoms with E-state index in [0.717, 1.165) is 11.3 Å². The van der Waals surface area contributed by atoms with Crippen LogP contribution in [0.4, 0.5) is 32.0 Å². The van der Waals surface area contributed by atoms with E-state index in [4.69, 9.17) is 0 Å². The maximum Gasteiger partial charge on any atom is 0.416 e. The molecule has 0 bridgehead atoms. The molecule has 2 aromatic rings. The van der Waals surface area contributed by atoms with Gasteiger partial charge in [0.25, 0.3) is 5.91 Å². The molecule has 0 atom stereocenters. The first kappa shape index (κ1) is 23.4. The Morgan fingerprint density at radius 3 is 2.06 bits per heavy atom. The van der Waals surface area contributed by atoms with Crippen LogP contribution in [-0.2, 0) is 12.4 Å². The molecule has 0 unspecified atom stereocenters. The Hall–Kier alpha value is -2.75. The third kappa shape index (κ3) is 4.53. The van der Waals surface area contributed by atoms with E-state index in [-0.39, 0.29) is 24.7 Å². The Balaban J connectivity index is 1.56. The summed E-state index contributed by atoms with van der Waals surface area (Å²) in [4.78, 5) is 16.5. The number of nitrogens with one attached hydrogen (secondary N) is 1. The van der Waals surface area contributed by atoms with Crippen molar-refractivity contribution in [1.29, 1.82) is 0 Å². The van der Waals surface area contributed by atoms with Crippen molar-refractivity contribution < 1.29 is 31.1 Å². The maximum absolute atomic E-state index is 13.2. The first-order valence-corrected chi connectivity index (χ1v) is 10.5. The van der Waals surface area contributed by atoms with E-state index in [2.05, 4.69) is 10.2 Å². The number of alkyl halides is 6. The second-order valence-corrected chi connectivity index (χ2v) is 8.61. The third-order valence-corrected chi connectivity index (χ3v) is 6.52. The number of piperidine rings is 1. The number of anilines is 1. The highest BCUT2D eigenvalue weighted by Gasteiger charge is 2.45. The summed E-state index contributed by atoms with van der Waals surface area (Å²) in [6, 6.07) is 8.94. The number of para-hydroxylation sites is 1. The van der Waals surface area contributed by atoms with Crippen molar-refractivity contribution in [3.63, 3.8) is 0 Å². The lowest BCUT2D eigenvalue weighted by molar-refractivity contribution is -0.143. The van der Waals surface area contributed by atoms with Crippen LogP contribution >= 0.6 is 0 Å². The summed E-state index contributed by atoms with van der Waals surface area (Å²) in [6.07, 6.45) is -8.89. The summed E-state index contributed by atoms with van der Waals surface area (Å²) < 4.78 is 79.0. The van der Waals surface area contributed by atoms with Gasteiger partial charge >= 0.3 is 12.4 Å². The number of rotatable bonds is 2. The molecular weight excluding hydrogens is 448 g/mol. The van der Waals surface area contributed by atoms with Gasteiger partial charge in [0.15, 0.2) is 0 Å². The Morgan fingerprint density at radius 1 is 0.939 bits per heavy atom. The Bertz CT molecular complexity index is 1010. The fraction of sp³-hybridized carbons (Fsp3) is 0.435. The summed E-state index contributed by atoms with van der Waals surface area (Å²) in [5.74, 6) is -0.824. The molecule has 2 saturated heterocycles. The van der Waals surface area contributed by atoms with Crippen molar-refractivity contribution in [2.24, 2.45) is 0 Å². The van der Waals surface area contributed by atoms with Crippen molar-refractivity contribution >= 4 is 11.6 Å². The number of amides is 1. The fourth-order valence-electron chi connectivity index (χ4n) is 4.70. The Morgan fingerprint density at radius 2 is 1.52 bits per heavy atom. The molecule has 1 amide bonds. The predicted octanol–water partition coefficient (Wildman–Crippen LogP) is 5.07. The SMILES string of the molecule is Cc1ccccc1N1CNCC12CCN(C(=O)c1cc(C(F)(F)F)cc(C(F)(F)F)c1)CC2. The highest BCUT2D eigenvalue weighted by Crippen LogP contribution is 2.39. The van der Waals surface area contributed by atoms with Gasteiger partial charge in [0, 0.05) is 30.9 Å². The molecule has 2 aromatic carbocycles. The van der Waals surface area contributed by atoms with Gasteiger partial charge in [0.05, 0.1) is 23.3 Å². The maximum atomic E-state index is 13.2.